The van der Waals surface area contributed by atoms with Crippen LogP contribution in [0.1, 0.15) is 18.2 Å². The zero-order chi connectivity index (χ0) is 15.7. The summed E-state index contributed by atoms with van der Waals surface area (Å²) in [7, 11) is 7.78. The number of halogens is 1. The number of hydrogen-bond acceptors (Lipinski definition) is 5. The zero-order valence-electron chi connectivity index (χ0n) is 13.4. The van der Waals surface area contributed by atoms with Crippen LogP contribution in [0.25, 0.3) is 0 Å². The topological polar surface area (TPSA) is 51.5 Å². The number of nitrogens with one attached hydrogen (secondary N) is 1. The fourth-order valence-electron chi connectivity index (χ4n) is 2.05. The van der Waals surface area contributed by atoms with Crippen molar-refractivity contribution in [1.82, 2.24) is 20.0 Å². The average Bonchev–Trinajstić information content (AvgIpc) is 2.82. The Bertz CT molecular complexity index is 398. The van der Waals surface area contributed by atoms with Gasteiger partial charge in [-0.05, 0) is 43.5 Å². The van der Waals surface area contributed by atoms with Gasteiger partial charge in [0.15, 0.2) is 0 Å². The smallest absolute Gasteiger partial charge is 0.0700 e. The third-order valence-electron chi connectivity index (χ3n) is 3.25. The molecule has 0 aromatic carbocycles. The molecule has 1 aromatic heterocycles. The highest BCUT2D eigenvalue weighted by Gasteiger charge is 2.18. The number of methoxy groups -OCH3 is 1. The van der Waals surface area contributed by atoms with Gasteiger partial charge in [0.25, 0.3) is 0 Å². The predicted molar refractivity (Wildman–Crippen MR) is 87.6 cm³/mol. The number of nitrogens with zero attached hydrogens (tertiary/aromatic N) is 3. The summed E-state index contributed by atoms with van der Waals surface area (Å²) in [5.41, 5.74) is 1.18. The Labute approximate surface area is 135 Å². The van der Waals surface area contributed by atoms with Crippen molar-refractivity contribution < 1.29 is 9.47 Å². The fraction of sp³-hybridized carbons (Fsp3) is 0.786. The molecule has 0 amide bonds. The monoisotopic (exact) mass is 362 g/mol. The molecule has 0 aliphatic heterocycles. The molecule has 21 heavy (non-hydrogen) atoms. The normalized spacial score (nSPS) is 13.0. The minimum absolute atomic E-state index is 0.214. The molecule has 0 saturated heterocycles. The van der Waals surface area contributed by atoms with E-state index < -0.39 is 0 Å². The van der Waals surface area contributed by atoms with Crippen LogP contribution in [0.15, 0.2) is 10.7 Å². The van der Waals surface area contributed by atoms with Crippen molar-refractivity contribution in [3.63, 3.8) is 0 Å². The summed E-state index contributed by atoms with van der Waals surface area (Å²) >= 11 is 3.60. The minimum Gasteiger partial charge on any atom is -0.382 e. The second-order valence-electron chi connectivity index (χ2n) is 5.14. The molecule has 0 aliphatic carbocycles. The highest BCUT2D eigenvalue weighted by atomic mass is 79.9. The van der Waals surface area contributed by atoms with Crippen LogP contribution in [0.4, 0.5) is 0 Å². The third kappa shape index (κ3) is 6.44. The molecule has 0 fully saturated rings. The third-order valence-corrected chi connectivity index (χ3v) is 3.86. The van der Waals surface area contributed by atoms with Crippen LogP contribution in [0.3, 0.4) is 0 Å². The van der Waals surface area contributed by atoms with Gasteiger partial charge in [0, 0.05) is 20.3 Å². The first kappa shape index (κ1) is 18.6. The lowest BCUT2D eigenvalue weighted by Gasteiger charge is -2.20. The zero-order valence-corrected chi connectivity index (χ0v) is 15.0. The number of ether oxygens (including phenoxy) is 2. The first-order valence-corrected chi connectivity index (χ1v) is 7.99. The van der Waals surface area contributed by atoms with E-state index in [9.17, 15) is 0 Å². The number of rotatable bonds is 11. The fourth-order valence-corrected chi connectivity index (χ4v) is 2.63. The largest absolute Gasteiger partial charge is 0.382 e. The van der Waals surface area contributed by atoms with Gasteiger partial charge in [0.1, 0.15) is 0 Å². The highest BCUT2D eigenvalue weighted by Crippen LogP contribution is 2.25. The molecule has 1 unspecified atom stereocenters. The van der Waals surface area contributed by atoms with Gasteiger partial charge >= 0.3 is 0 Å². The molecule has 0 aliphatic rings. The van der Waals surface area contributed by atoms with Crippen LogP contribution in [-0.2, 0) is 16.0 Å². The Morgan fingerprint density at radius 3 is 2.76 bits per heavy atom. The van der Waals surface area contributed by atoms with E-state index in [-0.39, 0.29) is 6.04 Å². The first-order chi connectivity index (χ1) is 10.1. The van der Waals surface area contributed by atoms with Gasteiger partial charge in [-0.2, -0.15) is 5.10 Å². The Kier molecular flexibility index (Phi) is 9.10. The van der Waals surface area contributed by atoms with E-state index in [1.807, 2.05) is 13.2 Å². The maximum absolute atomic E-state index is 5.56. The molecule has 1 atom stereocenters. The van der Waals surface area contributed by atoms with Gasteiger partial charge in [-0.1, -0.05) is 0 Å². The summed E-state index contributed by atoms with van der Waals surface area (Å²) in [4.78, 5) is 2.15. The molecule has 1 N–H and O–H groups in total. The molecule has 6 nitrogen and oxygen atoms in total. The maximum Gasteiger partial charge on any atom is 0.0700 e. The highest BCUT2D eigenvalue weighted by molar-refractivity contribution is 9.10. The van der Waals surface area contributed by atoms with Crippen LogP contribution < -0.4 is 5.32 Å². The van der Waals surface area contributed by atoms with Crippen LogP contribution in [0, 0.1) is 0 Å². The number of likely N-dealkylation sites (N-methyl/N-ethyl adjacent to an activating group) is 1. The van der Waals surface area contributed by atoms with Crippen molar-refractivity contribution in [2.75, 3.05) is 54.6 Å². The van der Waals surface area contributed by atoms with Crippen LogP contribution >= 0.6 is 15.9 Å². The van der Waals surface area contributed by atoms with Crippen LogP contribution in [0.5, 0.6) is 0 Å². The Balaban J connectivity index is 2.59. The minimum atomic E-state index is 0.214. The van der Waals surface area contributed by atoms with Crippen molar-refractivity contribution in [3.05, 3.63) is 16.4 Å². The summed E-state index contributed by atoms with van der Waals surface area (Å²) in [6.07, 6.45) is 2.76. The van der Waals surface area contributed by atoms with Crippen molar-refractivity contribution in [1.29, 1.82) is 0 Å². The van der Waals surface area contributed by atoms with E-state index in [1.165, 1.54) is 5.69 Å². The lowest BCUT2D eigenvalue weighted by molar-refractivity contribution is 0.0657. The molecule has 0 radical (unpaired) electrons. The number of aromatic nitrogens is 2. The van der Waals surface area contributed by atoms with Crippen molar-refractivity contribution in [3.8, 4) is 0 Å². The standard InChI is InChI=1S/C14H27BrN4O2/c1-16-13(5-8-21-10-9-20-4)14-12(15)11-17-19(14)7-6-18(2)3/h11,13,16H,5-10H2,1-4H3. The van der Waals surface area contributed by atoms with Gasteiger partial charge in [-0.15, -0.1) is 0 Å². The molecule has 7 heteroatoms. The Morgan fingerprint density at radius 2 is 2.14 bits per heavy atom. The molecule has 0 bridgehead atoms. The van der Waals surface area contributed by atoms with Crippen molar-refractivity contribution in [2.24, 2.45) is 0 Å². The number of hydrogen-bond donors (Lipinski definition) is 1. The molecule has 122 valence electrons. The molecular formula is C14H27BrN4O2. The van der Waals surface area contributed by atoms with E-state index in [1.54, 1.807) is 7.11 Å². The molecular weight excluding hydrogens is 336 g/mol. The Hall–Kier alpha value is -0.470. The first-order valence-electron chi connectivity index (χ1n) is 7.20. The molecule has 1 heterocycles. The van der Waals surface area contributed by atoms with Crippen LogP contribution in [0.2, 0.25) is 0 Å². The maximum atomic E-state index is 5.56. The molecule has 0 spiro atoms. The lowest BCUT2D eigenvalue weighted by atomic mass is 10.1. The summed E-state index contributed by atoms with van der Waals surface area (Å²) < 4.78 is 13.6. The molecule has 1 aromatic rings. The van der Waals surface area contributed by atoms with Crippen molar-refractivity contribution >= 4 is 15.9 Å². The van der Waals surface area contributed by atoms with E-state index >= 15 is 0 Å². The van der Waals surface area contributed by atoms with E-state index in [4.69, 9.17) is 9.47 Å². The summed E-state index contributed by atoms with van der Waals surface area (Å²) in [5, 5.41) is 7.81. The summed E-state index contributed by atoms with van der Waals surface area (Å²) in [5.74, 6) is 0. The second-order valence-corrected chi connectivity index (χ2v) is 5.99. The summed E-state index contributed by atoms with van der Waals surface area (Å²) in [6, 6.07) is 0.214. The average molecular weight is 363 g/mol. The van der Waals surface area contributed by atoms with E-state index in [0.29, 0.717) is 19.8 Å². The molecule has 1 rings (SSSR count). The second kappa shape index (κ2) is 10.3. The van der Waals surface area contributed by atoms with Gasteiger partial charge in [-0.25, -0.2) is 0 Å². The van der Waals surface area contributed by atoms with E-state index in [2.05, 4.69) is 50.0 Å². The van der Waals surface area contributed by atoms with Gasteiger partial charge in [0.05, 0.1) is 42.2 Å². The quantitative estimate of drug-likeness (QED) is 0.605. The van der Waals surface area contributed by atoms with Crippen molar-refractivity contribution in [2.45, 2.75) is 19.0 Å². The summed E-state index contributed by atoms with van der Waals surface area (Å²) in [6.45, 7) is 3.79. The van der Waals surface area contributed by atoms with Crippen LogP contribution in [-0.4, -0.2) is 69.3 Å². The Morgan fingerprint density at radius 1 is 1.38 bits per heavy atom. The predicted octanol–water partition coefficient (Wildman–Crippen LogP) is 1.52. The van der Waals surface area contributed by atoms with Gasteiger partial charge in [-0.3, -0.25) is 4.68 Å². The lowest BCUT2D eigenvalue weighted by Crippen LogP contribution is -2.25. The molecule has 0 saturated carbocycles. The SMILES string of the molecule is CNC(CCOCCOC)c1c(Br)cnn1CCN(C)C. The van der Waals surface area contributed by atoms with E-state index in [0.717, 1.165) is 24.0 Å². The van der Waals surface area contributed by atoms with Gasteiger partial charge < -0.3 is 19.7 Å². The van der Waals surface area contributed by atoms with Gasteiger partial charge in [0.2, 0.25) is 0 Å².